The Morgan fingerprint density at radius 1 is 0.688 bits per heavy atom. The van der Waals surface area contributed by atoms with Crippen molar-refractivity contribution in [3.63, 3.8) is 0 Å². The van der Waals surface area contributed by atoms with Crippen LogP contribution < -0.4 is 0 Å². The van der Waals surface area contributed by atoms with E-state index in [4.69, 9.17) is 0 Å². The van der Waals surface area contributed by atoms with Gasteiger partial charge in [-0.1, -0.05) is 52.4 Å². The van der Waals surface area contributed by atoms with Crippen molar-refractivity contribution < 1.29 is 0 Å². The summed E-state index contributed by atoms with van der Waals surface area (Å²) in [6, 6.07) is 0. The van der Waals surface area contributed by atoms with E-state index in [-0.39, 0.29) is 0 Å². The van der Waals surface area contributed by atoms with Gasteiger partial charge in [0.05, 0.1) is 0 Å². The first-order valence-corrected chi connectivity index (χ1v) is 7.81. The van der Waals surface area contributed by atoms with Gasteiger partial charge >= 0.3 is 0 Å². The fourth-order valence-electron chi connectivity index (χ4n) is 3.75. The third-order valence-electron chi connectivity index (χ3n) is 5.19. The summed E-state index contributed by atoms with van der Waals surface area (Å²) in [5, 5.41) is 0. The van der Waals surface area contributed by atoms with Crippen LogP contribution in [-0.4, -0.2) is 0 Å². The molecule has 0 aromatic carbocycles. The normalized spacial score (nSPS) is 37.9. The monoisotopic (exact) mass is 222 g/mol. The third-order valence-corrected chi connectivity index (χ3v) is 5.19. The lowest BCUT2D eigenvalue weighted by Crippen LogP contribution is -2.27. The summed E-state index contributed by atoms with van der Waals surface area (Å²) in [6.07, 6.45) is 15.2. The largest absolute Gasteiger partial charge is 0.0654 e. The topological polar surface area (TPSA) is 0 Å². The number of hydrogen-bond donors (Lipinski definition) is 0. The van der Waals surface area contributed by atoms with Gasteiger partial charge in [-0.05, 0) is 49.4 Å². The van der Waals surface area contributed by atoms with Gasteiger partial charge in [0.25, 0.3) is 0 Å². The molecule has 0 unspecified atom stereocenters. The van der Waals surface area contributed by atoms with Gasteiger partial charge in [0.2, 0.25) is 0 Å². The van der Waals surface area contributed by atoms with Crippen molar-refractivity contribution in [3.8, 4) is 0 Å². The smallest absolute Gasteiger partial charge is 0.0409 e. The molecule has 16 heavy (non-hydrogen) atoms. The van der Waals surface area contributed by atoms with Gasteiger partial charge in [0, 0.05) is 0 Å². The first-order valence-electron chi connectivity index (χ1n) is 7.81. The highest BCUT2D eigenvalue weighted by atomic mass is 14.4. The van der Waals surface area contributed by atoms with Crippen molar-refractivity contribution in [3.05, 3.63) is 0 Å². The summed E-state index contributed by atoms with van der Waals surface area (Å²) < 4.78 is 0. The maximum atomic E-state index is 2.35. The summed E-state index contributed by atoms with van der Waals surface area (Å²) in [5.74, 6) is 4.47. The summed E-state index contributed by atoms with van der Waals surface area (Å²) in [5.41, 5.74) is 0. The van der Waals surface area contributed by atoms with Crippen LogP contribution in [0.1, 0.15) is 78.1 Å². The van der Waals surface area contributed by atoms with E-state index in [0.717, 1.165) is 23.7 Å². The second-order valence-electron chi connectivity index (χ2n) is 6.53. The molecule has 0 nitrogen and oxygen atoms in total. The Balaban J connectivity index is 1.45. The highest BCUT2D eigenvalue weighted by molar-refractivity contribution is 4.83. The lowest BCUT2D eigenvalue weighted by molar-refractivity contribution is 0.123. The molecule has 2 aliphatic carbocycles. The Morgan fingerprint density at radius 3 is 1.69 bits per heavy atom. The number of unbranched alkanes of at least 4 members (excludes halogenated alkanes) is 1. The molecule has 0 aromatic heterocycles. The van der Waals surface area contributed by atoms with Crippen molar-refractivity contribution in [1.29, 1.82) is 0 Å². The average molecular weight is 222 g/mol. The molecule has 0 heteroatoms. The summed E-state index contributed by atoms with van der Waals surface area (Å²) in [7, 11) is 0. The lowest BCUT2D eigenvalue weighted by Gasteiger charge is -2.39. The molecule has 0 radical (unpaired) electrons. The van der Waals surface area contributed by atoms with Crippen molar-refractivity contribution >= 4 is 0 Å². The number of rotatable bonds is 7. The minimum atomic E-state index is 1.10. The lowest BCUT2D eigenvalue weighted by atomic mass is 9.66. The molecule has 0 aliphatic heterocycles. The molecule has 0 bridgehead atoms. The van der Waals surface area contributed by atoms with Crippen molar-refractivity contribution in [2.24, 2.45) is 23.7 Å². The van der Waals surface area contributed by atoms with E-state index in [9.17, 15) is 0 Å². The van der Waals surface area contributed by atoms with Gasteiger partial charge in [-0.15, -0.1) is 0 Å². The molecule has 2 rings (SSSR count). The summed E-state index contributed by atoms with van der Waals surface area (Å²) in [6.45, 7) is 4.67. The Hall–Kier alpha value is 0. The minimum absolute atomic E-state index is 1.10. The van der Waals surface area contributed by atoms with E-state index in [2.05, 4.69) is 13.8 Å². The summed E-state index contributed by atoms with van der Waals surface area (Å²) in [4.78, 5) is 0. The third kappa shape index (κ3) is 3.25. The first kappa shape index (κ1) is 12.5. The summed E-state index contributed by atoms with van der Waals surface area (Å²) >= 11 is 0. The minimum Gasteiger partial charge on any atom is -0.0654 e. The SMILES string of the molecule is CCCCC1CC(CCC2CC(CC)C2)C1. The van der Waals surface area contributed by atoms with Crippen LogP contribution in [0.15, 0.2) is 0 Å². The Kier molecular flexibility index (Phi) is 4.73. The molecular weight excluding hydrogens is 192 g/mol. The Labute approximate surface area is 102 Å². The first-order chi connectivity index (χ1) is 7.81. The fraction of sp³-hybridized carbons (Fsp3) is 1.00. The molecule has 2 saturated carbocycles. The average Bonchev–Trinajstić information content (AvgIpc) is 2.17. The molecular formula is C16H30. The molecule has 0 heterocycles. The predicted octanol–water partition coefficient (Wildman–Crippen LogP) is 5.42. The van der Waals surface area contributed by atoms with E-state index < -0.39 is 0 Å². The molecule has 0 atom stereocenters. The van der Waals surface area contributed by atoms with E-state index in [1.165, 1.54) is 25.7 Å². The fourth-order valence-corrected chi connectivity index (χ4v) is 3.75. The quantitative estimate of drug-likeness (QED) is 0.539. The van der Waals surface area contributed by atoms with Crippen LogP contribution in [0.4, 0.5) is 0 Å². The van der Waals surface area contributed by atoms with Crippen LogP contribution in [0.2, 0.25) is 0 Å². The van der Waals surface area contributed by atoms with Crippen molar-refractivity contribution in [1.82, 2.24) is 0 Å². The maximum Gasteiger partial charge on any atom is -0.0409 e. The van der Waals surface area contributed by atoms with Crippen LogP contribution in [0, 0.1) is 23.7 Å². The van der Waals surface area contributed by atoms with Crippen LogP contribution in [-0.2, 0) is 0 Å². The number of hydrogen-bond acceptors (Lipinski definition) is 0. The van der Waals surface area contributed by atoms with Crippen LogP contribution >= 0.6 is 0 Å². The van der Waals surface area contributed by atoms with E-state index in [1.807, 2.05) is 0 Å². The van der Waals surface area contributed by atoms with Crippen LogP contribution in [0.5, 0.6) is 0 Å². The van der Waals surface area contributed by atoms with Gasteiger partial charge in [0.1, 0.15) is 0 Å². The van der Waals surface area contributed by atoms with Gasteiger partial charge < -0.3 is 0 Å². The zero-order valence-corrected chi connectivity index (χ0v) is 11.4. The molecule has 0 aromatic rings. The molecule has 2 fully saturated rings. The van der Waals surface area contributed by atoms with Gasteiger partial charge in [0.15, 0.2) is 0 Å². The standard InChI is InChI=1S/C16H30/c1-3-5-6-14-11-16(12-14)8-7-15-9-13(4-2)10-15/h13-16H,3-12H2,1-2H3. The molecule has 0 amide bonds. The van der Waals surface area contributed by atoms with Gasteiger partial charge in [-0.2, -0.15) is 0 Å². The van der Waals surface area contributed by atoms with Crippen LogP contribution in [0.25, 0.3) is 0 Å². The van der Waals surface area contributed by atoms with Crippen LogP contribution in [0.3, 0.4) is 0 Å². The zero-order valence-electron chi connectivity index (χ0n) is 11.4. The zero-order chi connectivity index (χ0) is 11.4. The maximum absolute atomic E-state index is 2.35. The molecule has 0 N–H and O–H groups in total. The van der Waals surface area contributed by atoms with E-state index in [1.54, 1.807) is 38.5 Å². The second kappa shape index (κ2) is 6.07. The van der Waals surface area contributed by atoms with E-state index in [0.29, 0.717) is 0 Å². The van der Waals surface area contributed by atoms with Gasteiger partial charge in [-0.3, -0.25) is 0 Å². The van der Waals surface area contributed by atoms with Crippen molar-refractivity contribution in [2.75, 3.05) is 0 Å². The highest BCUT2D eigenvalue weighted by Crippen LogP contribution is 2.44. The highest BCUT2D eigenvalue weighted by Gasteiger charge is 2.31. The Morgan fingerprint density at radius 2 is 1.19 bits per heavy atom. The molecule has 2 aliphatic rings. The molecule has 94 valence electrons. The van der Waals surface area contributed by atoms with Gasteiger partial charge in [-0.25, -0.2) is 0 Å². The second-order valence-corrected chi connectivity index (χ2v) is 6.53. The van der Waals surface area contributed by atoms with Crippen molar-refractivity contribution in [2.45, 2.75) is 78.1 Å². The molecule has 0 saturated heterocycles. The predicted molar refractivity (Wildman–Crippen MR) is 71.5 cm³/mol. The Bertz CT molecular complexity index is 184. The molecule has 0 spiro atoms. The van der Waals surface area contributed by atoms with E-state index >= 15 is 0 Å².